The average molecular weight is 391 g/mol. The van der Waals surface area contributed by atoms with E-state index in [1.54, 1.807) is 6.07 Å². The van der Waals surface area contributed by atoms with Crippen molar-refractivity contribution < 1.29 is 19.1 Å². The zero-order valence-corrected chi connectivity index (χ0v) is 16.8. The van der Waals surface area contributed by atoms with Gasteiger partial charge in [0.1, 0.15) is 0 Å². The number of esters is 1. The molecule has 0 bridgehead atoms. The fraction of sp³-hybridized carbons (Fsp3) is 0.333. The van der Waals surface area contributed by atoms with Crippen LogP contribution in [0.1, 0.15) is 44.9 Å². The highest BCUT2D eigenvalue weighted by molar-refractivity contribution is 6.06. The van der Waals surface area contributed by atoms with Crippen molar-refractivity contribution in [1.29, 1.82) is 0 Å². The third-order valence-corrected chi connectivity index (χ3v) is 5.63. The van der Waals surface area contributed by atoms with Crippen LogP contribution in [0.25, 0.3) is 10.8 Å². The standard InChI is InChI=1S/C24H25NO4/c1-16-13-22(17(2)25(16)14-19-9-6-12-28-19)23(26)15-29-24(27)21-11-5-8-18-7-3-4-10-20(18)21/h3-5,7-8,10-11,13,19H,6,9,12,14-15H2,1-2H3. The predicted molar refractivity (Wildman–Crippen MR) is 111 cm³/mol. The van der Waals surface area contributed by atoms with Gasteiger partial charge in [-0.1, -0.05) is 36.4 Å². The van der Waals surface area contributed by atoms with Crippen LogP contribution in [0.3, 0.4) is 0 Å². The zero-order chi connectivity index (χ0) is 20.4. The molecular weight excluding hydrogens is 366 g/mol. The molecule has 0 N–H and O–H groups in total. The van der Waals surface area contributed by atoms with Crippen molar-refractivity contribution in [2.45, 2.75) is 39.3 Å². The van der Waals surface area contributed by atoms with Crippen LogP contribution < -0.4 is 0 Å². The highest BCUT2D eigenvalue weighted by Gasteiger charge is 2.22. The Morgan fingerprint density at radius 1 is 1.10 bits per heavy atom. The summed E-state index contributed by atoms with van der Waals surface area (Å²) in [4.78, 5) is 25.3. The number of fused-ring (bicyclic) bond motifs is 1. The molecule has 0 saturated carbocycles. The zero-order valence-electron chi connectivity index (χ0n) is 16.8. The monoisotopic (exact) mass is 391 g/mol. The van der Waals surface area contributed by atoms with Crippen LogP contribution in [0.4, 0.5) is 0 Å². The summed E-state index contributed by atoms with van der Waals surface area (Å²) in [7, 11) is 0. The molecule has 0 radical (unpaired) electrons. The molecule has 2 heterocycles. The van der Waals surface area contributed by atoms with Gasteiger partial charge in [-0.2, -0.15) is 0 Å². The molecular formula is C24H25NO4. The second-order valence-corrected chi connectivity index (χ2v) is 7.56. The van der Waals surface area contributed by atoms with E-state index in [2.05, 4.69) is 4.57 Å². The van der Waals surface area contributed by atoms with Gasteiger partial charge in [-0.25, -0.2) is 4.79 Å². The number of carbonyl (C=O) groups excluding carboxylic acids is 2. The summed E-state index contributed by atoms with van der Waals surface area (Å²) in [6.45, 7) is 5.20. The summed E-state index contributed by atoms with van der Waals surface area (Å²) in [5.74, 6) is -0.673. The SMILES string of the molecule is Cc1cc(C(=O)COC(=O)c2cccc3ccccc23)c(C)n1CC1CCCO1. The molecule has 1 aliphatic rings. The molecule has 150 valence electrons. The molecule has 0 spiro atoms. The number of hydrogen-bond acceptors (Lipinski definition) is 4. The van der Waals surface area contributed by atoms with Crippen LogP contribution >= 0.6 is 0 Å². The Balaban J connectivity index is 1.46. The lowest BCUT2D eigenvalue weighted by molar-refractivity contribution is 0.0476. The molecule has 2 aromatic carbocycles. The third kappa shape index (κ3) is 3.96. The molecule has 1 aliphatic heterocycles. The van der Waals surface area contributed by atoms with Crippen LogP contribution in [-0.2, 0) is 16.0 Å². The van der Waals surface area contributed by atoms with Gasteiger partial charge in [-0.3, -0.25) is 4.79 Å². The van der Waals surface area contributed by atoms with Crippen molar-refractivity contribution in [3.05, 3.63) is 71.0 Å². The Labute approximate surface area is 170 Å². The lowest BCUT2D eigenvalue weighted by Crippen LogP contribution is -2.18. The number of benzene rings is 2. The van der Waals surface area contributed by atoms with E-state index < -0.39 is 5.97 Å². The number of ether oxygens (including phenoxy) is 2. The first-order valence-electron chi connectivity index (χ1n) is 10.0. The Morgan fingerprint density at radius 3 is 2.69 bits per heavy atom. The van der Waals surface area contributed by atoms with Gasteiger partial charge in [0.05, 0.1) is 11.7 Å². The topological polar surface area (TPSA) is 57.5 Å². The van der Waals surface area contributed by atoms with Crippen LogP contribution in [0.2, 0.25) is 0 Å². The van der Waals surface area contributed by atoms with Crippen molar-refractivity contribution in [3.8, 4) is 0 Å². The quantitative estimate of drug-likeness (QED) is 0.459. The number of nitrogens with zero attached hydrogens (tertiary/aromatic N) is 1. The Morgan fingerprint density at radius 2 is 1.90 bits per heavy atom. The van der Waals surface area contributed by atoms with Crippen LogP contribution in [0.15, 0.2) is 48.5 Å². The van der Waals surface area contributed by atoms with Crippen molar-refractivity contribution in [2.24, 2.45) is 0 Å². The first-order valence-corrected chi connectivity index (χ1v) is 10.0. The molecule has 1 fully saturated rings. The molecule has 1 saturated heterocycles. The van der Waals surface area contributed by atoms with Crippen molar-refractivity contribution in [2.75, 3.05) is 13.2 Å². The third-order valence-electron chi connectivity index (χ3n) is 5.63. The number of aryl methyl sites for hydroxylation is 1. The fourth-order valence-electron chi connectivity index (χ4n) is 4.05. The average Bonchev–Trinajstić information content (AvgIpc) is 3.35. The molecule has 0 amide bonds. The molecule has 1 atom stereocenters. The first kappa shape index (κ1) is 19.4. The summed E-state index contributed by atoms with van der Waals surface area (Å²) in [6, 6.07) is 15.0. The smallest absolute Gasteiger partial charge is 0.339 e. The van der Waals surface area contributed by atoms with Crippen molar-refractivity contribution >= 4 is 22.5 Å². The number of ketones is 1. The van der Waals surface area contributed by atoms with E-state index in [4.69, 9.17) is 9.47 Å². The van der Waals surface area contributed by atoms with Crippen LogP contribution in [0, 0.1) is 13.8 Å². The summed E-state index contributed by atoms with van der Waals surface area (Å²) in [6.07, 6.45) is 2.33. The van der Waals surface area contributed by atoms with Crippen molar-refractivity contribution in [1.82, 2.24) is 4.57 Å². The molecule has 5 heteroatoms. The van der Waals surface area contributed by atoms with E-state index in [1.807, 2.05) is 56.3 Å². The summed E-state index contributed by atoms with van der Waals surface area (Å²) in [5.41, 5.74) is 2.98. The molecule has 1 unspecified atom stereocenters. The van der Waals surface area contributed by atoms with Crippen molar-refractivity contribution in [3.63, 3.8) is 0 Å². The summed E-state index contributed by atoms with van der Waals surface area (Å²) < 4.78 is 13.2. The maximum Gasteiger partial charge on any atom is 0.339 e. The minimum atomic E-state index is -0.483. The van der Waals surface area contributed by atoms with Gasteiger partial charge < -0.3 is 14.0 Å². The lowest BCUT2D eigenvalue weighted by atomic mass is 10.0. The van der Waals surface area contributed by atoms with Gasteiger partial charge in [0, 0.05) is 30.1 Å². The van der Waals surface area contributed by atoms with Gasteiger partial charge >= 0.3 is 5.97 Å². The summed E-state index contributed by atoms with van der Waals surface area (Å²) >= 11 is 0. The lowest BCUT2D eigenvalue weighted by Gasteiger charge is -2.14. The molecule has 5 nitrogen and oxygen atoms in total. The highest BCUT2D eigenvalue weighted by atomic mass is 16.5. The summed E-state index contributed by atoms with van der Waals surface area (Å²) in [5, 5.41) is 1.79. The Kier molecular flexibility index (Phi) is 5.49. The van der Waals surface area contributed by atoms with Gasteiger partial charge in [0.25, 0.3) is 0 Å². The molecule has 3 aromatic rings. The number of hydrogen-bond donors (Lipinski definition) is 0. The number of rotatable bonds is 6. The predicted octanol–water partition coefficient (Wildman–Crippen LogP) is 4.48. The van der Waals surface area contributed by atoms with E-state index in [0.29, 0.717) is 11.1 Å². The maximum absolute atomic E-state index is 12.7. The van der Waals surface area contributed by atoms with Gasteiger partial charge in [0.15, 0.2) is 6.61 Å². The van der Waals surface area contributed by atoms with Gasteiger partial charge in [-0.15, -0.1) is 0 Å². The number of carbonyl (C=O) groups is 2. The second kappa shape index (κ2) is 8.21. The largest absolute Gasteiger partial charge is 0.454 e. The number of Topliss-reactive ketones (excluding diaryl/α,β-unsaturated/α-hetero) is 1. The molecule has 0 aliphatic carbocycles. The first-order chi connectivity index (χ1) is 14.0. The van der Waals surface area contributed by atoms with E-state index in [-0.39, 0.29) is 18.5 Å². The molecule has 29 heavy (non-hydrogen) atoms. The van der Waals surface area contributed by atoms with E-state index >= 15 is 0 Å². The van der Waals surface area contributed by atoms with Crippen LogP contribution in [-0.4, -0.2) is 35.6 Å². The Bertz CT molecular complexity index is 1050. The van der Waals surface area contributed by atoms with E-state index in [9.17, 15) is 9.59 Å². The number of aromatic nitrogens is 1. The van der Waals surface area contributed by atoms with Gasteiger partial charge in [0.2, 0.25) is 5.78 Å². The van der Waals surface area contributed by atoms with Crippen LogP contribution in [0.5, 0.6) is 0 Å². The highest BCUT2D eigenvalue weighted by Crippen LogP contribution is 2.22. The molecule has 1 aromatic heterocycles. The minimum absolute atomic E-state index is 0.190. The van der Waals surface area contributed by atoms with Gasteiger partial charge in [-0.05, 0) is 49.6 Å². The minimum Gasteiger partial charge on any atom is -0.454 e. The van der Waals surface area contributed by atoms with E-state index in [1.165, 1.54) is 0 Å². The second-order valence-electron chi connectivity index (χ2n) is 7.56. The maximum atomic E-state index is 12.7. The normalized spacial score (nSPS) is 16.3. The Hall–Kier alpha value is -2.92. The fourth-order valence-corrected chi connectivity index (χ4v) is 4.05. The molecule has 4 rings (SSSR count). The van der Waals surface area contributed by atoms with E-state index in [0.717, 1.165) is 48.2 Å².